The average molecular weight is 344 g/mol. The molecule has 9 nitrogen and oxygen atoms in total. The van der Waals surface area contributed by atoms with Crippen molar-refractivity contribution in [2.45, 2.75) is 6.54 Å². The van der Waals surface area contributed by atoms with Gasteiger partial charge in [0.1, 0.15) is 0 Å². The average Bonchev–Trinajstić information content (AvgIpc) is 3.21. The maximum absolute atomic E-state index is 5.38. The Hall–Kier alpha value is -2.26. The first-order valence-electron chi connectivity index (χ1n) is 8.86. The molecule has 4 rings (SSSR count). The van der Waals surface area contributed by atoms with E-state index in [2.05, 4.69) is 47.2 Å². The Labute approximate surface area is 147 Å². The Kier molecular flexibility index (Phi) is 5.03. The highest BCUT2D eigenvalue weighted by molar-refractivity contribution is 5.45. The molecule has 2 fully saturated rings. The summed E-state index contributed by atoms with van der Waals surface area (Å²) in [6.07, 6.45) is 3.44. The quantitative estimate of drug-likeness (QED) is 0.734. The molecule has 0 aliphatic carbocycles. The van der Waals surface area contributed by atoms with Crippen LogP contribution < -0.4 is 9.80 Å². The first kappa shape index (κ1) is 16.2. The van der Waals surface area contributed by atoms with Crippen LogP contribution in [0, 0.1) is 0 Å². The summed E-state index contributed by atoms with van der Waals surface area (Å²) in [7, 11) is 0. The highest BCUT2D eigenvalue weighted by Crippen LogP contribution is 2.17. The van der Waals surface area contributed by atoms with Crippen molar-refractivity contribution in [3.63, 3.8) is 0 Å². The van der Waals surface area contributed by atoms with Gasteiger partial charge < -0.3 is 14.5 Å². The molecule has 0 atom stereocenters. The van der Waals surface area contributed by atoms with Crippen LogP contribution in [0.5, 0.6) is 0 Å². The SMILES string of the molecule is c1cnn(CCN2CCN(c3ccc(N4CCOCC4)nn3)CC2)n1. The van der Waals surface area contributed by atoms with Crippen LogP contribution in [-0.4, -0.2) is 89.1 Å². The monoisotopic (exact) mass is 344 g/mol. The number of nitrogens with zero attached hydrogens (tertiary/aromatic N) is 8. The van der Waals surface area contributed by atoms with E-state index >= 15 is 0 Å². The second-order valence-electron chi connectivity index (χ2n) is 6.30. The fourth-order valence-corrected chi connectivity index (χ4v) is 3.24. The van der Waals surface area contributed by atoms with Crippen LogP contribution in [0.15, 0.2) is 24.5 Å². The van der Waals surface area contributed by atoms with Crippen LogP contribution in [0.2, 0.25) is 0 Å². The summed E-state index contributed by atoms with van der Waals surface area (Å²) in [4.78, 5) is 8.71. The van der Waals surface area contributed by atoms with Gasteiger partial charge in [0.2, 0.25) is 0 Å². The molecule has 2 saturated heterocycles. The van der Waals surface area contributed by atoms with E-state index in [-0.39, 0.29) is 0 Å². The van der Waals surface area contributed by atoms with Crippen molar-refractivity contribution < 1.29 is 4.74 Å². The number of morpholine rings is 1. The maximum Gasteiger partial charge on any atom is 0.151 e. The summed E-state index contributed by atoms with van der Waals surface area (Å²) in [6, 6.07) is 4.16. The fraction of sp³-hybridized carbons (Fsp3) is 0.625. The van der Waals surface area contributed by atoms with E-state index in [0.717, 1.165) is 77.2 Å². The van der Waals surface area contributed by atoms with E-state index in [4.69, 9.17) is 4.74 Å². The number of piperazine rings is 1. The number of anilines is 2. The lowest BCUT2D eigenvalue weighted by atomic mass is 10.3. The summed E-state index contributed by atoms with van der Waals surface area (Å²) in [6.45, 7) is 9.10. The lowest BCUT2D eigenvalue weighted by Gasteiger charge is -2.35. The molecule has 2 aromatic heterocycles. The lowest BCUT2D eigenvalue weighted by Crippen LogP contribution is -2.47. The molecule has 0 N–H and O–H groups in total. The minimum atomic E-state index is 0.763. The zero-order chi connectivity index (χ0) is 16.9. The second kappa shape index (κ2) is 7.75. The third kappa shape index (κ3) is 4.05. The van der Waals surface area contributed by atoms with Crippen molar-refractivity contribution in [3.8, 4) is 0 Å². The van der Waals surface area contributed by atoms with Gasteiger partial charge in [0.25, 0.3) is 0 Å². The summed E-state index contributed by atoms with van der Waals surface area (Å²) in [5.74, 6) is 1.91. The zero-order valence-electron chi connectivity index (χ0n) is 14.4. The topological polar surface area (TPSA) is 75.4 Å². The number of hydrogen-bond acceptors (Lipinski definition) is 8. The molecule has 25 heavy (non-hydrogen) atoms. The van der Waals surface area contributed by atoms with Gasteiger partial charge >= 0.3 is 0 Å². The minimum absolute atomic E-state index is 0.763. The van der Waals surface area contributed by atoms with Crippen molar-refractivity contribution in [1.82, 2.24) is 30.1 Å². The molecule has 0 saturated carbocycles. The Morgan fingerprint density at radius 3 is 1.96 bits per heavy atom. The van der Waals surface area contributed by atoms with Crippen molar-refractivity contribution in [2.75, 3.05) is 68.8 Å². The van der Waals surface area contributed by atoms with E-state index in [9.17, 15) is 0 Å². The van der Waals surface area contributed by atoms with Crippen molar-refractivity contribution in [1.29, 1.82) is 0 Å². The minimum Gasteiger partial charge on any atom is -0.378 e. The molecule has 2 aromatic rings. The van der Waals surface area contributed by atoms with Gasteiger partial charge in [-0.25, -0.2) is 0 Å². The first-order valence-corrected chi connectivity index (χ1v) is 8.86. The smallest absolute Gasteiger partial charge is 0.151 e. The fourth-order valence-electron chi connectivity index (χ4n) is 3.24. The molecule has 0 aromatic carbocycles. The Bertz CT molecular complexity index is 633. The number of hydrogen-bond donors (Lipinski definition) is 0. The van der Waals surface area contributed by atoms with E-state index in [1.54, 1.807) is 17.2 Å². The van der Waals surface area contributed by atoms with Crippen molar-refractivity contribution in [3.05, 3.63) is 24.5 Å². The molecule has 2 aliphatic heterocycles. The molecular formula is C16H24N8O. The summed E-state index contributed by atoms with van der Waals surface area (Å²) >= 11 is 0. The molecule has 0 spiro atoms. The van der Waals surface area contributed by atoms with Crippen LogP contribution in [-0.2, 0) is 11.3 Å². The molecule has 4 heterocycles. The number of rotatable bonds is 5. The molecule has 134 valence electrons. The highest BCUT2D eigenvalue weighted by atomic mass is 16.5. The molecule has 9 heteroatoms. The van der Waals surface area contributed by atoms with E-state index in [1.807, 2.05) is 0 Å². The van der Waals surface area contributed by atoms with Gasteiger partial charge in [-0.15, -0.1) is 10.2 Å². The normalized spacial score (nSPS) is 19.4. The molecular weight excluding hydrogens is 320 g/mol. The van der Waals surface area contributed by atoms with Gasteiger partial charge in [-0.3, -0.25) is 4.90 Å². The summed E-state index contributed by atoms with van der Waals surface area (Å²) in [5.41, 5.74) is 0. The Morgan fingerprint density at radius 2 is 1.36 bits per heavy atom. The van der Waals surface area contributed by atoms with Gasteiger partial charge in [0.15, 0.2) is 11.6 Å². The number of aromatic nitrogens is 5. The maximum atomic E-state index is 5.38. The highest BCUT2D eigenvalue weighted by Gasteiger charge is 2.19. The molecule has 0 amide bonds. The molecule has 0 bridgehead atoms. The van der Waals surface area contributed by atoms with E-state index < -0.39 is 0 Å². The van der Waals surface area contributed by atoms with Crippen LogP contribution in [0.1, 0.15) is 0 Å². The van der Waals surface area contributed by atoms with Gasteiger partial charge in [0, 0.05) is 45.8 Å². The molecule has 2 aliphatic rings. The molecule has 0 unspecified atom stereocenters. The summed E-state index contributed by atoms with van der Waals surface area (Å²) < 4.78 is 5.38. The van der Waals surface area contributed by atoms with Gasteiger partial charge in [0.05, 0.1) is 32.2 Å². The Morgan fingerprint density at radius 1 is 0.760 bits per heavy atom. The largest absolute Gasteiger partial charge is 0.378 e. The Balaban J connectivity index is 1.27. The van der Waals surface area contributed by atoms with Gasteiger partial charge in [-0.2, -0.15) is 15.0 Å². The predicted molar refractivity (Wildman–Crippen MR) is 93.7 cm³/mol. The van der Waals surface area contributed by atoms with E-state index in [0.29, 0.717) is 0 Å². The second-order valence-corrected chi connectivity index (χ2v) is 6.30. The van der Waals surface area contributed by atoms with E-state index in [1.165, 1.54) is 0 Å². The van der Waals surface area contributed by atoms with Crippen LogP contribution in [0.4, 0.5) is 11.6 Å². The first-order chi connectivity index (χ1) is 12.4. The zero-order valence-corrected chi connectivity index (χ0v) is 14.4. The standard InChI is InChI=1S/C16H24N8O/c1-2-16(23-11-13-25-14-12-23)20-19-15(1)22-8-5-21(6-9-22)7-10-24-17-3-4-18-24/h1-4H,5-14H2. The summed E-state index contributed by atoms with van der Waals surface area (Å²) in [5, 5.41) is 17.1. The van der Waals surface area contributed by atoms with Gasteiger partial charge in [-0.1, -0.05) is 0 Å². The van der Waals surface area contributed by atoms with Crippen molar-refractivity contribution >= 4 is 11.6 Å². The van der Waals surface area contributed by atoms with Crippen LogP contribution >= 0.6 is 0 Å². The van der Waals surface area contributed by atoms with Gasteiger partial charge in [-0.05, 0) is 12.1 Å². The third-order valence-corrected chi connectivity index (χ3v) is 4.75. The third-order valence-electron chi connectivity index (χ3n) is 4.75. The predicted octanol–water partition coefficient (Wildman–Crippen LogP) is -0.273. The molecule has 0 radical (unpaired) electrons. The van der Waals surface area contributed by atoms with Crippen LogP contribution in [0.3, 0.4) is 0 Å². The van der Waals surface area contributed by atoms with Crippen molar-refractivity contribution in [2.24, 2.45) is 0 Å². The lowest BCUT2D eigenvalue weighted by molar-refractivity contribution is 0.122. The number of ether oxygens (including phenoxy) is 1. The van der Waals surface area contributed by atoms with Crippen LogP contribution in [0.25, 0.3) is 0 Å².